The normalized spacial score (nSPS) is 27.9. The average Bonchev–Trinajstić information content (AvgIpc) is 2.31. The Hall–Kier alpha value is -0.630. The monoisotopic (exact) mass is 139 g/mol. The number of carbonyl (C=O) groups excluding carboxylic acids is 1. The van der Waals surface area contributed by atoms with E-state index in [1.54, 1.807) is 6.08 Å². The van der Waals surface area contributed by atoms with Crippen LogP contribution in [0.15, 0.2) is 12.2 Å². The maximum absolute atomic E-state index is 9.96. The molecule has 2 nitrogen and oxygen atoms in total. The van der Waals surface area contributed by atoms with E-state index < -0.39 is 0 Å². The Kier molecular flexibility index (Phi) is 2.63. The predicted octanol–water partition coefficient (Wildman–Crippen LogP) is 0.836. The summed E-state index contributed by atoms with van der Waals surface area (Å²) in [7, 11) is 2.09. The smallest absolute Gasteiger partial charge is 0.142 e. The number of carbonyl (C=O) groups is 1. The predicted molar refractivity (Wildman–Crippen MR) is 40.9 cm³/mol. The Labute approximate surface area is 61.5 Å². The second-order valence-corrected chi connectivity index (χ2v) is 2.71. The number of hydrogen-bond acceptors (Lipinski definition) is 2. The molecule has 0 saturated carbocycles. The van der Waals surface area contributed by atoms with Crippen LogP contribution in [0.5, 0.6) is 0 Å². The third kappa shape index (κ3) is 1.67. The van der Waals surface area contributed by atoms with Crippen LogP contribution in [0.2, 0.25) is 0 Å². The van der Waals surface area contributed by atoms with Crippen LogP contribution in [-0.4, -0.2) is 30.8 Å². The molecule has 0 amide bonds. The molecule has 1 atom stereocenters. The van der Waals surface area contributed by atoms with Gasteiger partial charge in [-0.25, -0.2) is 0 Å². The Morgan fingerprint density at radius 3 is 2.90 bits per heavy atom. The fourth-order valence-electron chi connectivity index (χ4n) is 1.35. The lowest BCUT2D eigenvalue weighted by Crippen LogP contribution is -2.22. The van der Waals surface area contributed by atoms with Gasteiger partial charge in [0.15, 0.2) is 0 Å². The van der Waals surface area contributed by atoms with Gasteiger partial charge in [0.05, 0.1) is 0 Å². The number of nitrogens with zero attached hydrogens (tertiary/aromatic N) is 1. The average molecular weight is 139 g/mol. The second kappa shape index (κ2) is 3.52. The van der Waals surface area contributed by atoms with Crippen molar-refractivity contribution in [2.75, 3.05) is 13.6 Å². The van der Waals surface area contributed by atoms with Crippen LogP contribution in [0, 0.1) is 0 Å². The van der Waals surface area contributed by atoms with E-state index in [1.807, 2.05) is 6.08 Å². The molecular formula is C8H13NO. The maximum atomic E-state index is 9.96. The summed E-state index contributed by atoms with van der Waals surface area (Å²) in [6.45, 7) is 1.16. The number of likely N-dealkylation sites (N-methyl/N-ethyl adjacent to an activating group) is 1. The molecule has 0 bridgehead atoms. The molecule has 1 saturated heterocycles. The third-order valence-electron chi connectivity index (χ3n) is 1.99. The molecular weight excluding hydrogens is 126 g/mol. The van der Waals surface area contributed by atoms with E-state index in [4.69, 9.17) is 0 Å². The van der Waals surface area contributed by atoms with Gasteiger partial charge in [-0.15, -0.1) is 0 Å². The lowest BCUT2D eigenvalue weighted by Gasteiger charge is -2.13. The molecule has 1 aliphatic heterocycles. The summed E-state index contributed by atoms with van der Waals surface area (Å²) in [4.78, 5) is 12.2. The number of hydrogen-bond donors (Lipinski definition) is 0. The van der Waals surface area contributed by atoms with Gasteiger partial charge in [-0.1, -0.05) is 6.08 Å². The van der Waals surface area contributed by atoms with E-state index in [1.165, 1.54) is 12.8 Å². The molecule has 1 aliphatic rings. The van der Waals surface area contributed by atoms with Crippen molar-refractivity contribution in [2.24, 2.45) is 0 Å². The summed E-state index contributed by atoms with van der Waals surface area (Å²) in [5, 5.41) is 0. The Balaban J connectivity index is 2.39. The van der Waals surface area contributed by atoms with E-state index in [0.29, 0.717) is 6.04 Å². The first-order valence-corrected chi connectivity index (χ1v) is 3.67. The third-order valence-corrected chi connectivity index (χ3v) is 1.99. The van der Waals surface area contributed by atoms with Gasteiger partial charge in [0.25, 0.3) is 0 Å². The molecule has 2 heteroatoms. The van der Waals surface area contributed by atoms with Gasteiger partial charge in [-0.3, -0.25) is 9.69 Å². The minimum Gasteiger partial charge on any atom is -0.300 e. The highest BCUT2D eigenvalue weighted by atomic mass is 16.1. The highest BCUT2D eigenvalue weighted by molar-refractivity contribution is 5.64. The van der Waals surface area contributed by atoms with Gasteiger partial charge in [-0.05, 0) is 32.5 Å². The summed E-state index contributed by atoms with van der Waals surface area (Å²) in [5.41, 5.74) is 0. The van der Waals surface area contributed by atoms with Crippen molar-refractivity contribution in [1.82, 2.24) is 4.90 Å². The van der Waals surface area contributed by atoms with Crippen LogP contribution >= 0.6 is 0 Å². The molecule has 1 rings (SSSR count). The zero-order valence-corrected chi connectivity index (χ0v) is 6.29. The fourth-order valence-corrected chi connectivity index (χ4v) is 1.35. The van der Waals surface area contributed by atoms with Crippen molar-refractivity contribution in [2.45, 2.75) is 18.9 Å². The van der Waals surface area contributed by atoms with Crippen molar-refractivity contribution < 1.29 is 4.79 Å². The van der Waals surface area contributed by atoms with Crippen molar-refractivity contribution in [3.63, 3.8) is 0 Å². The van der Waals surface area contributed by atoms with E-state index in [9.17, 15) is 4.79 Å². The molecule has 56 valence electrons. The van der Waals surface area contributed by atoms with Crippen LogP contribution in [0.1, 0.15) is 12.8 Å². The first-order valence-electron chi connectivity index (χ1n) is 3.67. The minimum atomic E-state index is 0.505. The van der Waals surface area contributed by atoms with Gasteiger partial charge < -0.3 is 0 Å². The van der Waals surface area contributed by atoms with Crippen molar-refractivity contribution in [3.8, 4) is 0 Å². The van der Waals surface area contributed by atoms with Crippen LogP contribution in [0.4, 0.5) is 0 Å². The Bertz CT molecular complexity index is 142. The van der Waals surface area contributed by atoms with Gasteiger partial charge in [0.1, 0.15) is 6.29 Å². The first kappa shape index (κ1) is 7.48. The van der Waals surface area contributed by atoms with E-state index in [0.717, 1.165) is 12.8 Å². The van der Waals surface area contributed by atoms with E-state index >= 15 is 0 Å². The maximum Gasteiger partial charge on any atom is 0.142 e. The first-order chi connectivity index (χ1) is 4.84. The van der Waals surface area contributed by atoms with Crippen molar-refractivity contribution >= 4 is 6.29 Å². The summed E-state index contributed by atoms with van der Waals surface area (Å²) >= 11 is 0. The Morgan fingerprint density at radius 1 is 1.60 bits per heavy atom. The molecule has 10 heavy (non-hydrogen) atoms. The molecule has 0 spiro atoms. The molecule has 0 aliphatic carbocycles. The van der Waals surface area contributed by atoms with Crippen LogP contribution in [0.25, 0.3) is 0 Å². The number of aldehydes is 1. The van der Waals surface area contributed by atoms with Crippen LogP contribution in [-0.2, 0) is 4.79 Å². The van der Waals surface area contributed by atoms with Gasteiger partial charge in [0, 0.05) is 6.04 Å². The standard InChI is InChI=1S/C8H13NO/c1-9-6-2-4-8(9)5-3-7-10/h3,5,7-8H,2,4,6H2,1H3/b5-3+. The molecule has 1 heterocycles. The SMILES string of the molecule is CN1CCCC1/C=C/C=O. The highest BCUT2D eigenvalue weighted by Crippen LogP contribution is 2.14. The fraction of sp³-hybridized carbons (Fsp3) is 0.625. The molecule has 0 radical (unpaired) electrons. The number of likely N-dealkylation sites (tertiary alicyclic amines) is 1. The van der Waals surface area contributed by atoms with Crippen LogP contribution in [0.3, 0.4) is 0 Å². The van der Waals surface area contributed by atoms with Gasteiger partial charge >= 0.3 is 0 Å². The largest absolute Gasteiger partial charge is 0.300 e. The minimum absolute atomic E-state index is 0.505. The number of allylic oxidation sites excluding steroid dienone is 1. The lowest BCUT2D eigenvalue weighted by atomic mass is 10.2. The quantitative estimate of drug-likeness (QED) is 0.417. The zero-order chi connectivity index (χ0) is 7.40. The topological polar surface area (TPSA) is 20.3 Å². The molecule has 1 unspecified atom stereocenters. The molecule has 0 aromatic heterocycles. The lowest BCUT2D eigenvalue weighted by molar-refractivity contribution is -0.104. The van der Waals surface area contributed by atoms with Crippen molar-refractivity contribution in [3.05, 3.63) is 12.2 Å². The molecule has 0 N–H and O–H groups in total. The van der Waals surface area contributed by atoms with E-state index in [-0.39, 0.29) is 0 Å². The zero-order valence-electron chi connectivity index (χ0n) is 6.29. The van der Waals surface area contributed by atoms with Crippen LogP contribution < -0.4 is 0 Å². The Morgan fingerprint density at radius 2 is 2.40 bits per heavy atom. The summed E-state index contributed by atoms with van der Waals surface area (Å²) in [5.74, 6) is 0. The molecule has 0 aromatic rings. The van der Waals surface area contributed by atoms with E-state index in [2.05, 4.69) is 11.9 Å². The van der Waals surface area contributed by atoms with Gasteiger partial charge in [0.2, 0.25) is 0 Å². The number of rotatable bonds is 2. The highest BCUT2D eigenvalue weighted by Gasteiger charge is 2.16. The van der Waals surface area contributed by atoms with Crippen molar-refractivity contribution in [1.29, 1.82) is 0 Å². The second-order valence-electron chi connectivity index (χ2n) is 2.71. The summed E-state index contributed by atoms with van der Waals surface area (Å²) in [6.07, 6.45) is 6.85. The summed E-state index contributed by atoms with van der Waals surface area (Å²) in [6, 6.07) is 0.505. The molecule has 1 fully saturated rings. The van der Waals surface area contributed by atoms with Gasteiger partial charge in [-0.2, -0.15) is 0 Å². The summed E-state index contributed by atoms with van der Waals surface area (Å²) < 4.78 is 0. The molecule has 0 aromatic carbocycles.